The first kappa shape index (κ1) is 15.8. The van der Waals surface area contributed by atoms with E-state index in [-0.39, 0.29) is 5.91 Å². The van der Waals surface area contributed by atoms with E-state index >= 15 is 0 Å². The predicted molar refractivity (Wildman–Crippen MR) is 93.5 cm³/mol. The van der Waals surface area contributed by atoms with Crippen molar-refractivity contribution in [2.75, 3.05) is 26.2 Å². The monoisotopic (exact) mass is 308 g/mol. The second-order valence-electron chi connectivity index (χ2n) is 6.28. The van der Waals surface area contributed by atoms with Crippen LogP contribution in [0, 0.1) is 6.92 Å². The summed E-state index contributed by atoms with van der Waals surface area (Å²) in [6.45, 7) is 7.72. The normalized spacial score (nSPS) is 17.0. The fourth-order valence-electron chi connectivity index (χ4n) is 3.13. The highest BCUT2D eigenvalue weighted by atomic mass is 16.2. The number of benzene rings is 2. The highest BCUT2D eigenvalue weighted by Gasteiger charge is 2.25. The Kier molecular flexibility index (Phi) is 4.77. The summed E-state index contributed by atoms with van der Waals surface area (Å²) in [6.07, 6.45) is 0. The largest absolute Gasteiger partial charge is 0.336 e. The molecule has 0 bridgehead atoms. The van der Waals surface area contributed by atoms with Gasteiger partial charge in [-0.05, 0) is 31.5 Å². The topological polar surface area (TPSA) is 23.6 Å². The Morgan fingerprint density at radius 1 is 0.913 bits per heavy atom. The second-order valence-corrected chi connectivity index (χ2v) is 6.28. The molecule has 2 aromatic carbocycles. The van der Waals surface area contributed by atoms with E-state index in [1.54, 1.807) is 0 Å². The minimum atomic E-state index is 0.150. The number of rotatable bonds is 3. The zero-order chi connectivity index (χ0) is 16.2. The number of nitrogens with zero attached hydrogens (tertiary/aromatic N) is 2. The maximum absolute atomic E-state index is 12.6. The molecule has 1 aliphatic heterocycles. The van der Waals surface area contributed by atoms with Gasteiger partial charge in [0.05, 0.1) is 0 Å². The first-order valence-corrected chi connectivity index (χ1v) is 8.30. The van der Waals surface area contributed by atoms with Crippen molar-refractivity contribution in [1.82, 2.24) is 9.80 Å². The molecule has 0 N–H and O–H groups in total. The SMILES string of the molecule is Cc1ccc(C(=O)N2CCN([C@@H](C)c3ccccc3)CC2)cc1. The van der Waals surface area contributed by atoms with Crippen LogP contribution in [0.25, 0.3) is 0 Å². The number of aryl methyl sites for hydroxylation is 1. The minimum Gasteiger partial charge on any atom is -0.336 e. The Labute approximate surface area is 138 Å². The van der Waals surface area contributed by atoms with Crippen LogP contribution in [0.1, 0.15) is 34.5 Å². The third kappa shape index (κ3) is 3.62. The predicted octanol–water partition coefficient (Wildman–Crippen LogP) is 3.51. The van der Waals surface area contributed by atoms with E-state index in [2.05, 4.69) is 36.1 Å². The Morgan fingerprint density at radius 3 is 2.13 bits per heavy atom. The molecule has 1 aliphatic rings. The molecule has 0 radical (unpaired) electrons. The molecule has 3 nitrogen and oxygen atoms in total. The molecule has 23 heavy (non-hydrogen) atoms. The van der Waals surface area contributed by atoms with Gasteiger partial charge in [-0.15, -0.1) is 0 Å². The third-order valence-corrected chi connectivity index (χ3v) is 4.73. The summed E-state index contributed by atoms with van der Waals surface area (Å²) in [5.74, 6) is 0.150. The summed E-state index contributed by atoms with van der Waals surface area (Å²) >= 11 is 0. The molecular formula is C20H24N2O. The molecular weight excluding hydrogens is 284 g/mol. The average molecular weight is 308 g/mol. The molecule has 0 unspecified atom stereocenters. The fraction of sp³-hybridized carbons (Fsp3) is 0.350. The lowest BCUT2D eigenvalue weighted by Crippen LogP contribution is -2.49. The van der Waals surface area contributed by atoms with E-state index in [9.17, 15) is 4.79 Å². The van der Waals surface area contributed by atoms with Gasteiger partial charge in [-0.1, -0.05) is 48.0 Å². The molecule has 2 aromatic rings. The third-order valence-electron chi connectivity index (χ3n) is 4.73. The van der Waals surface area contributed by atoms with Gasteiger partial charge in [0.1, 0.15) is 0 Å². The van der Waals surface area contributed by atoms with Gasteiger partial charge >= 0.3 is 0 Å². The standard InChI is InChI=1S/C20H24N2O/c1-16-8-10-19(11-9-16)20(23)22-14-12-21(13-15-22)17(2)18-6-4-3-5-7-18/h3-11,17H,12-15H2,1-2H3/t17-/m0/s1. The van der Waals surface area contributed by atoms with Crippen LogP contribution in [0.4, 0.5) is 0 Å². The summed E-state index contributed by atoms with van der Waals surface area (Å²) in [4.78, 5) is 17.0. The molecule has 1 atom stereocenters. The molecule has 120 valence electrons. The van der Waals surface area contributed by atoms with Gasteiger partial charge in [0.15, 0.2) is 0 Å². The van der Waals surface area contributed by atoms with Gasteiger partial charge in [0, 0.05) is 37.8 Å². The maximum atomic E-state index is 12.6. The van der Waals surface area contributed by atoms with Crippen LogP contribution in [0.3, 0.4) is 0 Å². The zero-order valence-electron chi connectivity index (χ0n) is 13.9. The summed E-state index contributed by atoms with van der Waals surface area (Å²) in [7, 11) is 0. The van der Waals surface area contributed by atoms with Gasteiger partial charge in [-0.3, -0.25) is 9.69 Å². The quantitative estimate of drug-likeness (QED) is 0.866. The second kappa shape index (κ2) is 6.97. The Morgan fingerprint density at radius 2 is 1.52 bits per heavy atom. The number of piperazine rings is 1. The van der Waals surface area contributed by atoms with Gasteiger partial charge in [0.25, 0.3) is 5.91 Å². The summed E-state index contributed by atoms with van der Waals surface area (Å²) in [6, 6.07) is 18.8. The van der Waals surface area contributed by atoms with Gasteiger partial charge in [-0.2, -0.15) is 0 Å². The number of amides is 1. The van der Waals surface area contributed by atoms with E-state index < -0.39 is 0 Å². The lowest BCUT2D eigenvalue weighted by molar-refractivity contribution is 0.0582. The summed E-state index contributed by atoms with van der Waals surface area (Å²) in [5.41, 5.74) is 3.31. The molecule has 1 fully saturated rings. The van der Waals surface area contributed by atoms with Crippen LogP contribution in [0.5, 0.6) is 0 Å². The van der Waals surface area contributed by atoms with Crippen LogP contribution in [0.15, 0.2) is 54.6 Å². The molecule has 0 aliphatic carbocycles. The van der Waals surface area contributed by atoms with Gasteiger partial charge in [0.2, 0.25) is 0 Å². The van der Waals surface area contributed by atoms with Crippen molar-refractivity contribution in [3.63, 3.8) is 0 Å². The van der Waals surface area contributed by atoms with Crippen LogP contribution in [-0.2, 0) is 0 Å². The molecule has 0 saturated carbocycles. The van der Waals surface area contributed by atoms with Crippen LogP contribution < -0.4 is 0 Å². The summed E-state index contributed by atoms with van der Waals surface area (Å²) in [5, 5.41) is 0. The Bertz CT molecular complexity index is 643. The van der Waals surface area contributed by atoms with E-state index in [1.165, 1.54) is 11.1 Å². The van der Waals surface area contributed by atoms with E-state index in [1.807, 2.05) is 42.2 Å². The van der Waals surface area contributed by atoms with Gasteiger partial charge < -0.3 is 4.90 Å². The molecule has 0 spiro atoms. The highest BCUT2D eigenvalue weighted by molar-refractivity contribution is 5.94. The number of hydrogen-bond donors (Lipinski definition) is 0. The van der Waals surface area contributed by atoms with Crippen LogP contribution >= 0.6 is 0 Å². The van der Waals surface area contributed by atoms with Crippen LogP contribution in [-0.4, -0.2) is 41.9 Å². The van der Waals surface area contributed by atoms with E-state index in [4.69, 9.17) is 0 Å². The number of carbonyl (C=O) groups is 1. The van der Waals surface area contributed by atoms with Crippen molar-refractivity contribution in [2.24, 2.45) is 0 Å². The zero-order valence-corrected chi connectivity index (χ0v) is 13.9. The molecule has 1 saturated heterocycles. The van der Waals surface area contributed by atoms with E-state index in [0.717, 1.165) is 31.7 Å². The average Bonchev–Trinajstić information content (AvgIpc) is 2.62. The van der Waals surface area contributed by atoms with Crippen molar-refractivity contribution >= 4 is 5.91 Å². The maximum Gasteiger partial charge on any atom is 0.253 e. The molecule has 1 heterocycles. The lowest BCUT2D eigenvalue weighted by Gasteiger charge is -2.38. The first-order valence-electron chi connectivity index (χ1n) is 8.30. The van der Waals surface area contributed by atoms with Crippen molar-refractivity contribution in [3.8, 4) is 0 Å². The van der Waals surface area contributed by atoms with Crippen molar-refractivity contribution in [1.29, 1.82) is 0 Å². The Balaban J connectivity index is 1.60. The van der Waals surface area contributed by atoms with Crippen molar-refractivity contribution in [2.45, 2.75) is 19.9 Å². The summed E-state index contributed by atoms with van der Waals surface area (Å²) < 4.78 is 0. The Hall–Kier alpha value is -2.13. The molecule has 3 heteroatoms. The van der Waals surface area contributed by atoms with E-state index in [0.29, 0.717) is 6.04 Å². The molecule has 3 rings (SSSR count). The minimum absolute atomic E-state index is 0.150. The smallest absolute Gasteiger partial charge is 0.253 e. The van der Waals surface area contributed by atoms with Crippen molar-refractivity contribution in [3.05, 3.63) is 71.3 Å². The highest BCUT2D eigenvalue weighted by Crippen LogP contribution is 2.21. The molecule has 0 aromatic heterocycles. The van der Waals surface area contributed by atoms with Crippen molar-refractivity contribution < 1.29 is 4.79 Å². The lowest BCUT2D eigenvalue weighted by atomic mass is 10.1. The fourth-order valence-corrected chi connectivity index (χ4v) is 3.13. The van der Waals surface area contributed by atoms with Gasteiger partial charge in [-0.25, -0.2) is 0 Å². The molecule has 1 amide bonds. The number of carbonyl (C=O) groups excluding carboxylic acids is 1. The van der Waals surface area contributed by atoms with Crippen LogP contribution in [0.2, 0.25) is 0 Å². The number of hydrogen-bond acceptors (Lipinski definition) is 2. The first-order chi connectivity index (χ1) is 11.1.